The number of thioether (sulfide) groups is 1. The molecule has 20 heavy (non-hydrogen) atoms. The third-order valence-electron chi connectivity index (χ3n) is 3.90. The highest BCUT2D eigenvalue weighted by molar-refractivity contribution is 7.98. The van der Waals surface area contributed by atoms with Crippen LogP contribution in [0.15, 0.2) is 30.3 Å². The molecule has 0 aliphatic carbocycles. The number of carbonyl (C=O) groups is 1. The molecule has 1 aromatic rings. The van der Waals surface area contributed by atoms with Crippen LogP contribution in [-0.4, -0.2) is 53.9 Å². The lowest BCUT2D eigenvalue weighted by Gasteiger charge is -2.36. The van der Waals surface area contributed by atoms with E-state index in [0.29, 0.717) is 5.91 Å². The zero-order valence-electron chi connectivity index (χ0n) is 12.4. The molecule has 0 unspecified atom stereocenters. The van der Waals surface area contributed by atoms with Crippen LogP contribution >= 0.6 is 11.8 Å². The number of hydrogen-bond acceptors (Lipinski definition) is 3. The number of piperidine rings is 1. The van der Waals surface area contributed by atoms with Crippen LogP contribution in [0.1, 0.15) is 18.4 Å². The van der Waals surface area contributed by atoms with Crippen molar-refractivity contribution < 1.29 is 4.79 Å². The fraction of sp³-hybridized carbons (Fsp3) is 0.562. The van der Waals surface area contributed by atoms with Gasteiger partial charge in [0.25, 0.3) is 0 Å². The highest BCUT2D eigenvalue weighted by Crippen LogP contribution is 2.19. The minimum Gasteiger partial charge on any atom is -0.337 e. The second-order valence-corrected chi connectivity index (χ2v) is 6.36. The maximum Gasteiger partial charge on any atom is 0.240 e. The maximum absolute atomic E-state index is 12.6. The van der Waals surface area contributed by atoms with E-state index in [-0.39, 0.29) is 6.04 Å². The Kier molecular flexibility index (Phi) is 5.92. The molecule has 1 aliphatic heterocycles. The molecular weight excluding hydrogens is 268 g/mol. The van der Waals surface area contributed by atoms with Gasteiger partial charge in [0.05, 0.1) is 6.04 Å². The molecule has 0 aromatic heterocycles. The van der Waals surface area contributed by atoms with Crippen LogP contribution in [0.2, 0.25) is 0 Å². The molecule has 1 aliphatic rings. The Hall–Kier alpha value is -1.00. The highest BCUT2D eigenvalue weighted by Gasteiger charge is 2.31. The molecule has 0 spiro atoms. The summed E-state index contributed by atoms with van der Waals surface area (Å²) in [6.45, 7) is 2.61. The van der Waals surface area contributed by atoms with E-state index in [1.54, 1.807) is 0 Å². The molecule has 1 atom stereocenters. The van der Waals surface area contributed by atoms with E-state index in [1.165, 1.54) is 5.56 Å². The molecule has 1 aromatic carbocycles. The molecular formula is C16H24N2OS. The molecule has 0 radical (unpaired) electrons. The molecule has 110 valence electrons. The minimum atomic E-state index is 0.0691. The van der Waals surface area contributed by atoms with E-state index in [4.69, 9.17) is 0 Å². The number of nitrogens with zero attached hydrogens (tertiary/aromatic N) is 2. The van der Waals surface area contributed by atoms with Gasteiger partial charge in [-0.3, -0.25) is 9.69 Å². The first kappa shape index (κ1) is 15.4. The average molecular weight is 292 g/mol. The Morgan fingerprint density at radius 3 is 2.80 bits per heavy atom. The Bertz CT molecular complexity index is 424. The number of hydrogen-bond donors (Lipinski definition) is 0. The van der Waals surface area contributed by atoms with Crippen LogP contribution in [-0.2, 0) is 11.3 Å². The summed E-state index contributed by atoms with van der Waals surface area (Å²) in [6, 6.07) is 10.3. The van der Waals surface area contributed by atoms with Gasteiger partial charge in [0.15, 0.2) is 0 Å². The van der Waals surface area contributed by atoms with Crippen molar-refractivity contribution >= 4 is 17.7 Å². The van der Waals surface area contributed by atoms with Gasteiger partial charge in [-0.25, -0.2) is 0 Å². The van der Waals surface area contributed by atoms with Crippen molar-refractivity contribution in [1.29, 1.82) is 0 Å². The van der Waals surface area contributed by atoms with Gasteiger partial charge in [0.1, 0.15) is 0 Å². The average Bonchev–Trinajstić information content (AvgIpc) is 2.48. The molecule has 1 saturated heterocycles. The van der Waals surface area contributed by atoms with Crippen molar-refractivity contribution in [2.45, 2.75) is 25.4 Å². The topological polar surface area (TPSA) is 23.6 Å². The van der Waals surface area contributed by atoms with Gasteiger partial charge in [-0.1, -0.05) is 30.3 Å². The smallest absolute Gasteiger partial charge is 0.240 e. The van der Waals surface area contributed by atoms with Crippen LogP contribution in [0.4, 0.5) is 0 Å². The second-order valence-electron chi connectivity index (χ2n) is 5.38. The van der Waals surface area contributed by atoms with Crippen molar-refractivity contribution in [1.82, 2.24) is 9.80 Å². The zero-order valence-corrected chi connectivity index (χ0v) is 13.2. The summed E-state index contributed by atoms with van der Waals surface area (Å²) in [5.41, 5.74) is 1.22. The summed E-state index contributed by atoms with van der Waals surface area (Å²) in [5.74, 6) is 1.38. The summed E-state index contributed by atoms with van der Waals surface area (Å²) in [5, 5.41) is 0. The summed E-state index contributed by atoms with van der Waals surface area (Å²) < 4.78 is 0. The number of likely N-dealkylation sites (N-methyl/N-ethyl adjacent to an activating group) is 1. The first-order chi connectivity index (χ1) is 9.72. The van der Waals surface area contributed by atoms with Crippen molar-refractivity contribution in [2.75, 3.05) is 32.1 Å². The summed E-state index contributed by atoms with van der Waals surface area (Å²) in [4.78, 5) is 16.8. The molecule has 1 heterocycles. The van der Waals surface area contributed by atoms with Crippen LogP contribution in [0.3, 0.4) is 0 Å². The first-order valence-electron chi connectivity index (χ1n) is 7.24. The molecule has 2 rings (SSSR count). The number of rotatable bonds is 6. The fourth-order valence-electron chi connectivity index (χ4n) is 2.68. The number of amides is 1. The lowest BCUT2D eigenvalue weighted by Crippen LogP contribution is -2.51. The van der Waals surface area contributed by atoms with Gasteiger partial charge in [-0.05, 0) is 31.7 Å². The predicted molar refractivity (Wildman–Crippen MR) is 85.9 cm³/mol. The van der Waals surface area contributed by atoms with E-state index in [1.807, 2.05) is 34.9 Å². The van der Waals surface area contributed by atoms with Crippen molar-refractivity contribution in [3.8, 4) is 0 Å². The fourth-order valence-corrected chi connectivity index (χ4v) is 3.15. The van der Waals surface area contributed by atoms with Crippen LogP contribution < -0.4 is 0 Å². The van der Waals surface area contributed by atoms with Crippen molar-refractivity contribution in [3.63, 3.8) is 0 Å². The Morgan fingerprint density at radius 2 is 2.10 bits per heavy atom. The zero-order chi connectivity index (χ0) is 14.4. The van der Waals surface area contributed by atoms with Gasteiger partial charge in [-0.15, -0.1) is 0 Å². The van der Waals surface area contributed by atoms with E-state index in [2.05, 4.69) is 30.3 Å². The monoisotopic (exact) mass is 292 g/mol. The van der Waals surface area contributed by atoms with Gasteiger partial charge in [0.2, 0.25) is 5.91 Å². The second kappa shape index (κ2) is 7.70. The molecule has 0 saturated carbocycles. The van der Waals surface area contributed by atoms with Crippen LogP contribution in [0, 0.1) is 0 Å². The van der Waals surface area contributed by atoms with E-state index < -0.39 is 0 Å². The Balaban J connectivity index is 1.96. The van der Waals surface area contributed by atoms with E-state index >= 15 is 0 Å². The molecule has 4 heteroatoms. The molecule has 0 N–H and O–H groups in total. The SMILES string of the molecule is CSCCN(C)[C@@H]1CCCN(Cc2ccccc2)C1=O. The molecule has 1 amide bonds. The van der Waals surface area contributed by atoms with Gasteiger partial charge < -0.3 is 4.90 Å². The summed E-state index contributed by atoms with van der Waals surface area (Å²) in [6.07, 6.45) is 4.21. The van der Waals surface area contributed by atoms with Gasteiger partial charge in [-0.2, -0.15) is 11.8 Å². The molecule has 0 bridgehead atoms. The number of benzene rings is 1. The third kappa shape index (κ3) is 4.00. The Labute approximate surface area is 126 Å². The summed E-state index contributed by atoms with van der Waals surface area (Å²) in [7, 11) is 2.07. The van der Waals surface area contributed by atoms with Crippen LogP contribution in [0.25, 0.3) is 0 Å². The van der Waals surface area contributed by atoms with Crippen molar-refractivity contribution in [2.24, 2.45) is 0 Å². The lowest BCUT2D eigenvalue weighted by atomic mass is 10.0. The number of carbonyl (C=O) groups excluding carboxylic acids is 1. The lowest BCUT2D eigenvalue weighted by molar-refractivity contribution is -0.140. The standard InChI is InChI=1S/C16H24N2OS/c1-17(11-12-20-2)15-9-6-10-18(16(15)19)13-14-7-4-3-5-8-14/h3-5,7-8,15H,6,9-13H2,1-2H3/t15-/m1/s1. The van der Waals surface area contributed by atoms with Gasteiger partial charge in [0, 0.05) is 25.4 Å². The van der Waals surface area contributed by atoms with Gasteiger partial charge >= 0.3 is 0 Å². The quantitative estimate of drug-likeness (QED) is 0.805. The van der Waals surface area contributed by atoms with Crippen molar-refractivity contribution in [3.05, 3.63) is 35.9 Å². The van der Waals surface area contributed by atoms with E-state index in [9.17, 15) is 4.79 Å². The predicted octanol–water partition coefficient (Wildman–Crippen LogP) is 2.47. The van der Waals surface area contributed by atoms with E-state index in [0.717, 1.165) is 38.2 Å². The Morgan fingerprint density at radius 1 is 1.35 bits per heavy atom. The first-order valence-corrected chi connectivity index (χ1v) is 8.63. The largest absolute Gasteiger partial charge is 0.337 e. The summed E-state index contributed by atoms with van der Waals surface area (Å²) >= 11 is 1.83. The highest BCUT2D eigenvalue weighted by atomic mass is 32.2. The minimum absolute atomic E-state index is 0.0691. The molecule has 3 nitrogen and oxygen atoms in total. The third-order valence-corrected chi connectivity index (χ3v) is 4.49. The normalized spacial score (nSPS) is 19.6. The van der Waals surface area contributed by atoms with Crippen LogP contribution in [0.5, 0.6) is 0 Å². The molecule has 1 fully saturated rings. The maximum atomic E-state index is 12.6. The number of likely N-dealkylation sites (tertiary alicyclic amines) is 1.